The number of nitrogens with one attached hydrogen (secondary N) is 1. The standard InChI is InChI=1S/C26H32N4O3/c31-26(30-14-17-32-18-15-30)21-7-5-20(6-8-21)23-19-24(25-22(28-23)9-16-33-25)27-10-4-13-29-11-2-1-3-12-29/h5-9,16,19H,1-4,10-15,17-18H2,(H,27,28). The summed E-state index contributed by atoms with van der Waals surface area (Å²) >= 11 is 0. The summed E-state index contributed by atoms with van der Waals surface area (Å²) in [5.41, 5.74) is 5.13. The average Bonchev–Trinajstić information content (AvgIpc) is 3.36. The number of hydrogen-bond acceptors (Lipinski definition) is 6. The van der Waals surface area contributed by atoms with Gasteiger partial charge in [0.1, 0.15) is 5.52 Å². The van der Waals surface area contributed by atoms with E-state index in [0.717, 1.165) is 47.6 Å². The molecule has 2 fully saturated rings. The molecule has 2 aliphatic heterocycles. The van der Waals surface area contributed by atoms with Gasteiger partial charge in [0, 0.05) is 36.8 Å². The lowest BCUT2D eigenvalue weighted by Crippen LogP contribution is -2.40. The summed E-state index contributed by atoms with van der Waals surface area (Å²) in [6.45, 7) is 6.97. The van der Waals surface area contributed by atoms with Crippen LogP contribution in [0.3, 0.4) is 0 Å². The smallest absolute Gasteiger partial charge is 0.254 e. The Balaban J connectivity index is 1.27. The van der Waals surface area contributed by atoms with Gasteiger partial charge in [-0.1, -0.05) is 18.6 Å². The Hall–Kier alpha value is -2.90. The van der Waals surface area contributed by atoms with E-state index >= 15 is 0 Å². The molecule has 0 atom stereocenters. The minimum Gasteiger partial charge on any atom is -0.460 e. The maximum atomic E-state index is 12.7. The third kappa shape index (κ3) is 5.20. The van der Waals surface area contributed by atoms with E-state index in [1.165, 1.54) is 32.4 Å². The van der Waals surface area contributed by atoms with Gasteiger partial charge in [0.05, 0.1) is 30.9 Å². The van der Waals surface area contributed by atoms with E-state index in [0.29, 0.717) is 31.9 Å². The number of nitrogens with zero attached hydrogens (tertiary/aromatic N) is 3. The molecule has 0 saturated carbocycles. The first-order valence-corrected chi connectivity index (χ1v) is 12.1. The van der Waals surface area contributed by atoms with Crippen molar-refractivity contribution in [1.82, 2.24) is 14.8 Å². The van der Waals surface area contributed by atoms with Crippen molar-refractivity contribution in [2.24, 2.45) is 0 Å². The molecule has 1 aromatic carbocycles. The molecule has 5 rings (SSSR count). The first-order valence-electron chi connectivity index (χ1n) is 12.1. The highest BCUT2D eigenvalue weighted by molar-refractivity contribution is 5.95. The highest BCUT2D eigenvalue weighted by Crippen LogP contribution is 2.29. The van der Waals surface area contributed by atoms with Crippen LogP contribution in [0.2, 0.25) is 0 Å². The number of likely N-dealkylation sites (tertiary alicyclic amines) is 1. The van der Waals surface area contributed by atoms with Crippen LogP contribution in [0.4, 0.5) is 5.69 Å². The van der Waals surface area contributed by atoms with Crippen molar-refractivity contribution in [3.05, 3.63) is 48.2 Å². The summed E-state index contributed by atoms with van der Waals surface area (Å²) in [5.74, 6) is 0.0548. The lowest BCUT2D eigenvalue weighted by Gasteiger charge is -2.26. The fourth-order valence-corrected chi connectivity index (χ4v) is 4.68. The largest absolute Gasteiger partial charge is 0.460 e. The number of anilines is 1. The average molecular weight is 449 g/mol. The predicted molar refractivity (Wildman–Crippen MR) is 130 cm³/mol. The number of hydrogen-bond donors (Lipinski definition) is 1. The predicted octanol–water partition coefficient (Wildman–Crippen LogP) is 4.26. The molecule has 2 saturated heterocycles. The number of pyridine rings is 1. The molecule has 7 heteroatoms. The van der Waals surface area contributed by atoms with Crippen LogP contribution in [0.15, 0.2) is 47.1 Å². The quantitative estimate of drug-likeness (QED) is 0.545. The van der Waals surface area contributed by atoms with Crippen molar-refractivity contribution >= 4 is 22.7 Å². The van der Waals surface area contributed by atoms with E-state index < -0.39 is 0 Å². The molecule has 0 radical (unpaired) electrons. The molecule has 0 aliphatic carbocycles. The second kappa shape index (κ2) is 10.4. The fourth-order valence-electron chi connectivity index (χ4n) is 4.68. The Kier molecular flexibility index (Phi) is 6.88. The zero-order valence-electron chi connectivity index (χ0n) is 19.1. The van der Waals surface area contributed by atoms with Crippen LogP contribution in [0.5, 0.6) is 0 Å². The number of benzene rings is 1. The maximum Gasteiger partial charge on any atom is 0.254 e. The Morgan fingerprint density at radius 3 is 2.58 bits per heavy atom. The van der Waals surface area contributed by atoms with Gasteiger partial charge in [-0.05, 0) is 57.1 Å². The molecule has 33 heavy (non-hydrogen) atoms. The third-order valence-corrected chi connectivity index (χ3v) is 6.55. The first kappa shape index (κ1) is 21.9. The molecular weight excluding hydrogens is 416 g/mol. The number of fused-ring (bicyclic) bond motifs is 1. The van der Waals surface area contributed by atoms with Gasteiger partial charge >= 0.3 is 0 Å². The van der Waals surface area contributed by atoms with Gasteiger partial charge < -0.3 is 24.3 Å². The number of rotatable bonds is 7. The monoisotopic (exact) mass is 448 g/mol. The molecule has 0 unspecified atom stereocenters. The molecule has 1 N–H and O–H groups in total. The van der Waals surface area contributed by atoms with Gasteiger partial charge in [-0.15, -0.1) is 0 Å². The normalized spacial score (nSPS) is 17.4. The van der Waals surface area contributed by atoms with Crippen molar-refractivity contribution < 1.29 is 13.9 Å². The van der Waals surface area contributed by atoms with E-state index in [2.05, 4.69) is 10.2 Å². The zero-order chi connectivity index (χ0) is 22.5. The van der Waals surface area contributed by atoms with Gasteiger partial charge in [-0.3, -0.25) is 4.79 Å². The van der Waals surface area contributed by atoms with Crippen LogP contribution in [0.1, 0.15) is 36.0 Å². The number of carbonyl (C=O) groups excluding carboxylic acids is 1. The van der Waals surface area contributed by atoms with Gasteiger partial charge in [-0.2, -0.15) is 0 Å². The van der Waals surface area contributed by atoms with E-state index in [4.69, 9.17) is 14.1 Å². The summed E-state index contributed by atoms with van der Waals surface area (Å²) in [5, 5.41) is 3.56. The van der Waals surface area contributed by atoms with Crippen LogP contribution in [0.25, 0.3) is 22.4 Å². The Morgan fingerprint density at radius 1 is 1.00 bits per heavy atom. The molecule has 7 nitrogen and oxygen atoms in total. The minimum absolute atomic E-state index is 0.0548. The van der Waals surface area contributed by atoms with Crippen LogP contribution >= 0.6 is 0 Å². The molecule has 2 aliphatic rings. The topological polar surface area (TPSA) is 70.8 Å². The third-order valence-electron chi connectivity index (χ3n) is 6.55. The number of ether oxygens (including phenoxy) is 1. The van der Waals surface area contributed by atoms with Crippen LogP contribution in [-0.4, -0.2) is 73.2 Å². The SMILES string of the molecule is O=C(c1ccc(-c2cc(NCCCN3CCCCC3)c3occc3n2)cc1)N1CCOCC1. The second-order valence-corrected chi connectivity index (χ2v) is 8.85. The van der Waals surface area contributed by atoms with E-state index in [1.54, 1.807) is 6.26 Å². The minimum atomic E-state index is 0.0548. The summed E-state index contributed by atoms with van der Waals surface area (Å²) in [6.07, 6.45) is 6.80. The Morgan fingerprint density at radius 2 is 1.79 bits per heavy atom. The molecule has 0 bridgehead atoms. The van der Waals surface area contributed by atoms with E-state index in [9.17, 15) is 4.79 Å². The van der Waals surface area contributed by atoms with Crippen LogP contribution < -0.4 is 5.32 Å². The number of morpholine rings is 1. The van der Waals surface area contributed by atoms with Gasteiger partial charge in [0.25, 0.3) is 5.91 Å². The van der Waals surface area contributed by atoms with Gasteiger partial charge in [0.2, 0.25) is 0 Å². The number of piperidine rings is 1. The van der Waals surface area contributed by atoms with Crippen molar-refractivity contribution in [1.29, 1.82) is 0 Å². The van der Waals surface area contributed by atoms with Crippen LogP contribution in [0, 0.1) is 0 Å². The van der Waals surface area contributed by atoms with Crippen molar-refractivity contribution in [3.63, 3.8) is 0 Å². The van der Waals surface area contributed by atoms with Crippen molar-refractivity contribution in [3.8, 4) is 11.3 Å². The number of amides is 1. The van der Waals surface area contributed by atoms with Gasteiger partial charge in [-0.25, -0.2) is 4.98 Å². The Bertz CT molecular complexity index is 1070. The van der Waals surface area contributed by atoms with Gasteiger partial charge in [0.15, 0.2) is 5.58 Å². The first-order chi connectivity index (χ1) is 16.3. The number of carbonyl (C=O) groups is 1. The lowest BCUT2D eigenvalue weighted by molar-refractivity contribution is 0.0303. The molecular formula is C26H32N4O3. The summed E-state index contributed by atoms with van der Waals surface area (Å²) in [4.78, 5) is 21.9. The molecule has 3 aromatic rings. The lowest BCUT2D eigenvalue weighted by atomic mass is 10.1. The number of furan rings is 1. The number of aromatic nitrogens is 1. The molecule has 4 heterocycles. The highest BCUT2D eigenvalue weighted by Gasteiger charge is 2.19. The summed E-state index contributed by atoms with van der Waals surface area (Å²) < 4.78 is 11.1. The maximum absolute atomic E-state index is 12.7. The molecule has 1 amide bonds. The second-order valence-electron chi connectivity index (χ2n) is 8.85. The summed E-state index contributed by atoms with van der Waals surface area (Å²) in [7, 11) is 0. The fraction of sp³-hybridized carbons (Fsp3) is 0.462. The van der Waals surface area contributed by atoms with E-state index in [-0.39, 0.29) is 5.91 Å². The Labute approximate surface area is 194 Å². The van der Waals surface area contributed by atoms with E-state index in [1.807, 2.05) is 41.3 Å². The van der Waals surface area contributed by atoms with Crippen molar-refractivity contribution in [2.45, 2.75) is 25.7 Å². The molecule has 174 valence electrons. The molecule has 2 aromatic heterocycles. The van der Waals surface area contributed by atoms with Crippen molar-refractivity contribution in [2.75, 3.05) is 57.8 Å². The zero-order valence-corrected chi connectivity index (χ0v) is 19.1. The molecule has 0 spiro atoms. The summed E-state index contributed by atoms with van der Waals surface area (Å²) in [6, 6.07) is 11.7. The van der Waals surface area contributed by atoms with Crippen LogP contribution in [-0.2, 0) is 4.74 Å². The highest BCUT2D eigenvalue weighted by atomic mass is 16.5.